The summed E-state index contributed by atoms with van der Waals surface area (Å²) in [6.07, 6.45) is 4.72. The fourth-order valence-electron chi connectivity index (χ4n) is 2.57. The number of aromatic nitrogens is 2. The van der Waals surface area contributed by atoms with Crippen molar-refractivity contribution in [3.8, 4) is 5.75 Å². The number of amides is 1. The molecule has 0 aliphatic rings. The lowest BCUT2D eigenvalue weighted by Gasteiger charge is -2.19. The van der Waals surface area contributed by atoms with Crippen LogP contribution >= 0.6 is 0 Å². The van der Waals surface area contributed by atoms with E-state index in [1.807, 2.05) is 29.0 Å². The lowest BCUT2D eigenvalue weighted by Crippen LogP contribution is -2.32. The Balaban J connectivity index is 1.96. The van der Waals surface area contributed by atoms with Gasteiger partial charge in [0.25, 0.3) is 5.91 Å². The summed E-state index contributed by atoms with van der Waals surface area (Å²) >= 11 is 0. The Morgan fingerprint density at radius 1 is 1.33 bits per heavy atom. The molecule has 0 unspecified atom stereocenters. The number of carbonyl (C=O) groups excluding carboxylic acids is 1. The lowest BCUT2D eigenvalue weighted by molar-refractivity contribution is -0.132. The number of imidazole rings is 1. The Labute approximate surface area is 144 Å². The maximum absolute atomic E-state index is 12.4. The van der Waals surface area contributed by atoms with Crippen molar-refractivity contribution in [1.82, 2.24) is 14.5 Å². The highest BCUT2D eigenvalue weighted by atomic mass is 16.5. The normalized spacial score (nSPS) is 12.0. The minimum atomic E-state index is -0.0559. The molecule has 1 aromatic heterocycles. The minimum Gasteiger partial charge on any atom is -0.483 e. The van der Waals surface area contributed by atoms with Gasteiger partial charge in [0.05, 0.1) is 6.54 Å². The number of hydrogen-bond acceptors (Lipinski definition) is 3. The van der Waals surface area contributed by atoms with Gasteiger partial charge in [0.15, 0.2) is 6.61 Å². The third kappa shape index (κ3) is 4.37. The van der Waals surface area contributed by atoms with Gasteiger partial charge < -0.3 is 14.2 Å². The van der Waals surface area contributed by atoms with E-state index in [-0.39, 0.29) is 12.5 Å². The molecule has 0 radical (unpaired) electrons. The number of carbonyl (C=O) groups is 1. The zero-order chi connectivity index (χ0) is 17.5. The van der Waals surface area contributed by atoms with Gasteiger partial charge in [-0.05, 0) is 30.9 Å². The third-order valence-electron chi connectivity index (χ3n) is 4.36. The van der Waals surface area contributed by atoms with E-state index in [1.54, 1.807) is 18.1 Å². The van der Waals surface area contributed by atoms with E-state index in [9.17, 15) is 4.79 Å². The molecule has 1 atom stereocenters. The molecular formula is C19H27N3O2. The highest BCUT2D eigenvalue weighted by Crippen LogP contribution is 2.28. The van der Waals surface area contributed by atoms with Crippen molar-refractivity contribution in [2.45, 2.75) is 46.2 Å². The molecular weight excluding hydrogens is 302 g/mol. The smallest absolute Gasteiger partial charge is 0.260 e. The SMILES string of the molecule is CC[C@H](C)c1ccccc1OCC(=O)N(C)Cc1nccn1CC. The Kier molecular flexibility index (Phi) is 6.41. The molecule has 2 aromatic rings. The minimum absolute atomic E-state index is 0.0385. The first-order valence-electron chi connectivity index (χ1n) is 8.52. The van der Waals surface area contributed by atoms with Crippen molar-refractivity contribution in [1.29, 1.82) is 0 Å². The van der Waals surface area contributed by atoms with Gasteiger partial charge in [-0.1, -0.05) is 32.0 Å². The average molecular weight is 329 g/mol. The van der Waals surface area contributed by atoms with Crippen molar-refractivity contribution < 1.29 is 9.53 Å². The molecule has 0 saturated carbocycles. The van der Waals surface area contributed by atoms with E-state index in [0.29, 0.717) is 12.5 Å². The molecule has 1 amide bonds. The number of ether oxygens (including phenoxy) is 1. The highest BCUT2D eigenvalue weighted by Gasteiger charge is 2.15. The van der Waals surface area contributed by atoms with Crippen molar-refractivity contribution in [3.63, 3.8) is 0 Å². The number of hydrogen-bond donors (Lipinski definition) is 0. The first-order chi connectivity index (χ1) is 11.6. The van der Waals surface area contributed by atoms with E-state index < -0.39 is 0 Å². The standard InChI is InChI=1S/C19H27N3O2/c1-5-15(3)16-9-7-8-10-17(16)24-14-19(23)21(4)13-18-20-11-12-22(18)6-2/h7-12,15H,5-6,13-14H2,1-4H3/t15-/m0/s1. The van der Waals surface area contributed by atoms with E-state index >= 15 is 0 Å². The maximum Gasteiger partial charge on any atom is 0.260 e. The van der Waals surface area contributed by atoms with Gasteiger partial charge in [0.1, 0.15) is 11.6 Å². The molecule has 0 spiro atoms. The van der Waals surface area contributed by atoms with Crippen molar-refractivity contribution >= 4 is 5.91 Å². The quantitative estimate of drug-likeness (QED) is 0.745. The predicted octanol–water partition coefficient (Wildman–Crippen LogP) is 3.45. The number of likely N-dealkylation sites (N-methyl/N-ethyl adjacent to an activating group) is 1. The number of aryl methyl sites for hydroxylation is 1. The van der Waals surface area contributed by atoms with Crippen molar-refractivity contribution in [2.75, 3.05) is 13.7 Å². The van der Waals surface area contributed by atoms with Crippen LogP contribution in [-0.2, 0) is 17.9 Å². The second-order valence-corrected chi connectivity index (χ2v) is 6.02. The third-order valence-corrected chi connectivity index (χ3v) is 4.36. The average Bonchev–Trinajstić information content (AvgIpc) is 3.06. The Morgan fingerprint density at radius 2 is 2.08 bits per heavy atom. The topological polar surface area (TPSA) is 47.4 Å². The van der Waals surface area contributed by atoms with Gasteiger partial charge in [-0.2, -0.15) is 0 Å². The van der Waals surface area contributed by atoms with Gasteiger partial charge in [-0.3, -0.25) is 4.79 Å². The summed E-state index contributed by atoms with van der Waals surface area (Å²) in [6, 6.07) is 7.94. The van der Waals surface area contributed by atoms with Crippen molar-refractivity contribution in [3.05, 3.63) is 48.0 Å². The molecule has 2 rings (SSSR count). The summed E-state index contributed by atoms with van der Waals surface area (Å²) in [5, 5.41) is 0. The Hall–Kier alpha value is -2.30. The van der Waals surface area contributed by atoms with Crippen LogP contribution in [0.5, 0.6) is 5.75 Å². The lowest BCUT2D eigenvalue weighted by atomic mass is 9.98. The molecule has 1 heterocycles. The molecule has 0 aliphatic carbocycles. The molecule has 0 fully saturated rings. The summed E-state index contributed by atoms with van der Waals surface area (Å²) in [5.41, 5.74) is 1.15. The second-order valence-electron chi connectivity index (χ2n) is 6.02. The number of benzene rings is 1. The predicted molar refractivity (Wildman–Crippen MR) is 95.0 cm³/mol. The van der Waals surface area contributed by atoms with Gasteiger partial charge in [0, 0.05) is 26.0 Å². The van der Waals surface area contributed by atoms with Crippen LogP contribution in [0.15, 0.2) is 36.7 Å². The van der Waals surface area contributed by atoms with Crippen LogP contribution < -0.4 is 4.74 Å². The molecule has 24 heavy (non-hydrogen) atoms. The van der Waals surface area contributed by atoms with Crippen LogP contribution in [0.4, 0.5) is 0 Å². The van der Waals surface area contributed by atoms with Crippen LogP contribution in [0, 0.1) is 0 Å². The molecule has 5 nitrogen and oxygen atoms in total. The summed E-state index contributed by atoms with van der Waals surface area (Å²) in [6.45, 7) is 7.74. The molecule has 0 aliphatic heterocycles. The second kappa shape index (κ2) is 8.52. The Bertz CT molecular complexity index is 666. The zero-order valence-electron chi connectivity index (χ0n) is 15.0. The Morgan fingerprint density at radius 3 is 2.79 bits per heavy atom. The molecule has 130 valence electrons. The zero-order valence-corrected chi connectivity index (χ0v) is 15.0. The number of rotatable bonds is 8. The van der Waals surface area contributed by atoms with Crippen LogP contribution in [-0.4, -0.2) is 34.0 Å². The summed E-state index contributed by atoms with van der Waals surface area (Å²) < 4.78 is 7.83. The fraction of sp³-hybridized carbons (Fsp3) is 0.474. The van der Waals surface area contributed by atoms with Gasteiger partial charge >= 0.3 is 0 Å². The van der Waals surface area contributed by atoms with E-state index in [4.69, 9.17) is 4.74 Å². The summed E-state index contributed by atoms with van der Waals surface area (Å²) in [5.74, 6) is 2.03. The van der Waals surface area contributed by atoms with Crippen LogP contribution in [0.3, 0.4) is 0 Å². The van der Waals surface area contributed by atoms with E-state index in [2.05, 4.69) is 31.8 Å². The van der Waals surface area contributed by atoms with Crippen LogP contribution in [0.2, 0.25) is 0 Å². The molecule has 0 saturated heterocycles. The largest absolute Gasteiger partial charge is 0.483 e. The van der Waals surface area contributed by atoms with Crippen LogP contribution in [0.25, 0.3) is 0 Å². The van der Waals surface area contributed by atoms with Gasteiger partial charge in [-0.15, -0.1) is 0 Å². The number of para-hydroxylation sites is 1. The highest BCUT2D eigenvalue weighted by molar-refractivity contribution is 5.77. The molecule has 0 bridgehead atoms. The molecule has 0 N–H and O–H groups in total. The van der Waals surface area contributed by atoms with E-state index in [0.717, 1.165) is 30.1 Å². The molecule has 5 heteroatoms. The summed E-state index contributed by atoms with van der Waals surface area (Å²) in [4.78, 5) is 18.3. The number of nitrogens with zero attached hydrogens (tertiary/aromatic N) is 3. The summed E-state index contributed by atoms with van der Waals surface area (Å²) in [7, 11) is 1.78. The van der Waals surface area contributed by atoms with Crippen molar-refractivity contribution in [2.24, 2.45) is 0 Å². The van der Waals surface area contributed by atoms with Gasteiger partial charge in [-0.25, -0.2) is 4.98 Å². The van der Waals surface area contributed by atoms with E-state index in [1.165, 1.54) is 0 Å². The monoisotopic (exact) mass is 329 g/mol. The fourth-order valence-corrected chi connectivity index (χ4v) is 2.57. The van der Waals surface area contributed by atoms with Gasteiger partial charge in [0.2, 0.25) is 0 Å². The van der Waals surface area contributed by atoms with Crippen LogP contribution in [0.1, 0.15) is 44.5 Å². The molecule has 1 aromatic carbocycles. The first-order valence-corrected chi connectivity index (χ1v) is 8.52. The maximum atomic E-state index is 12.4. The first kappa shape index (κ1) is 18.0.